The Balaban J connectivity index is 2.20. The Labute approximate surface area is 106 Å². The van der Waals surface area contributed by atoms with Crippen molar-refractivity contribution in [2.24, 2.45) is 0 Å². The van der Waals surface area contributed by atoms with E-state index < -0.39 is 0 Å². The van der Waals surface area contributed by atoms with E-state index in [1.54, 1.807) is 11.3 Å². The number of halogens is 1. The largest absolute Gasteiger partial charge is 0.333 e. The van der Waals surface area contributed by atoms with Crippen molar-refractivity contribution < 1.29 is 4.52 Å². The molecule has 0 bridgehead atoms. The van der Waals surface area contributed by atoms with E-state index in [1.807, 2.05) is 32.9 Å². The smallest absolute Gasteiger partial charge is 0.322 e. The molecule has 4 nitrogen and oxygen atoms in total. The topological polar surface area (TPSA) is 51.0 Å². The van der Waals surface area contributed by atoms with E-state index in [1.165, 1.54) is 0 Å². The average Bonchev–Trinajstić information content (AvgIpc) is 2.71. The molecular weight excluding hydrogens is 290 g/mol. The molecule has 2 aromatic heterocycles. The van der Waals surface area contributed by atoms with Crippen molar-refractivity contribution in [3.63, 3.8) is 0 Å². The van der Waals surface area contributed by atoms with Gasteiger partial charge in [0.2, 0.25) is 5.82 Å². The van der Waals surface area contributed by atoms with Gasteiger partial charge in [-0.15, -0.1) is 11.3 Å². The van der Waals surface area contributed by atoms with Gasteiger partial charge < -0.3 is 9.84 Å². The van der Waals surface area contributed by atoms with Crippen molar-refractivity contribution in [2.45, 2.75) is 26.3 Å². The van der Waals surface area contributed by atoms with Gasteiger partial charge in [-0.1, -0.05) is 5.16 Å². The van der Waals surface area contributed by atoms with E-state index in [-0.39, 0.29) is 5.54 Å². The third kappa shape index (κ3) is 2.82. The van der Waals surface area contributed by atoms with Gasteiger partial charge in [-0.2, -0.15) is 4.98 Å². The number of thiophene rings is 1. The van der Waals surface area contributed by atoms with E-state index in [4.69, 9.17) is 4.52 Å². The minimum Gasteiger partial charge on any atom is -0.333 e. The zero-order valence-corrected chi connectivity index (χ0v) is 11.6. The second-order valence-corrected chi connectivity index (χ2v) is 6.86. The predicted octanol–water partition coefficient (Wildman–Crippen LogP) is 3.77. The molecule has 0 unspecified atom stereocenters. The van der Waals surface area contributed by atoms with E-state index in [0.29, 0.717) is 11.8 Å². The fourth-order valence-electron chi connectivity index (χ4n) is 1.13. The Morgan fingerprint density at radius 3 is 2.69 bits per heavy atom. The molecule has 0 aliphatic heterocycles. The van der Waals surface area contributed by atoms with Gasteiger partial charge in [0.05, 0.1) is 8.66 Å². The highest BCUT2D eigenvalue weighted by atomic mass is 79.9. The standard InChI is InChI=1S/C10H12BrN3OS/c1-10(2,3)13-9-12-8(14-15-9)6-4-5-7(11)16-6/h4-5H,1-3H3,(H,12,13,14). The summed E-state index contributed by atoms with van der Waals surface area (Å²) in [6.07, 6.45) is 0. The maximum Gasteiger partial charge on any atom is 0.322 e. The summed E-state index contributed by atoms with van der Waals surface area (Å²) >= 11 is 4.98. The lowest BCUT2D eigenvalue weighted by Crippen LogP contribution is -2.26. The van der Waals surface area contributed by atoms with Gasteiger partial charge in [-0.25, -0.2) is 0 Å². The van der Waals surface area contributed by atoms with Crippen LogP contribution in [0.2, 0.25) is 0 Å². The number of rotatable bonds is 2. The van der Waals surface area contributed by atoms with Gasteiger partial charge in [0, 0.05) is 5.54 Å². The van der Waals surface area contributed by atoms with Gasteiger partial charge in [0.25, 0.3) is 0 Å². The van der Waals surface area contributed by atoms with Crippen molar-refractivity contribution in [3.05, 3.63) is 15.9 Å². The Morgan fingerprint density at radius 2 is 2.12 bits per heavy atom. The molecule has 2 aromatic rings. The van der Waals surface area contributed by atoms with Crippen LogP contribution in [0.25, 0.3) is 10.7 Å². The molecule has 0 aliphatic carbocycles. The molecule has 86 valence electrons. The molecule has 2 rings (SSSR count). The Kier molecular flexibility index (Phi) is 3.03. The third-order valence-corrected chi connectivity index (χ3v) is 3.32. The van der Waals surface area contributed by atoms with E-state index in [0.717, 1.165) is 8.66 Å². The summed E-state index contributed by atoms with van der Waals surface area (Å²) in [5.41, 5.74) is -0.0835. The van der Waals surface area contributed by atoms with Crippen molar-refractivity contribution in [1.82, 2.24) is 10.1 Å². The number of hydrogen-bond donors (Lipinski definition) is 1. The van der Waals surface area contributed by atoms with E-state index >= 15 is 0 Å². The molecule has 6 heteroatoms. The van der Waals surface area contributed by atoms with Gasteiger partial charge in [0.1, 0.15) is 0 Å². The molecule has 0 atom stereocenters. The summed E-state index contributed by atoms with van der Waals surface area (Å²) in [6.45, 7) is 6.12. The Bertz CT molecular complexity index is 486. The first-order chi connectivity index (χ1) is 7.44. The van der Waals surface area contributed by atoms with Gasteiger partial charge in [-0.3, -0.25) is 0 Å². The summed E-state index contributed by atoms with van der Waals surface area (Å²) in [5, 5.41) is 7.06. The van der Waals surface area contributed by atoms with Crippen LogP contribution in [0, 0.1) is 0 Å². The molecule has 0 spiro atoms. The van der Waals surface area contributed by atoms with Gasteiger partial charge >= 0.3 is 6.01 Å². The zero-order valence-electron chi connectivity index (χ0n) is 9.24. The third-order valence-electron chi connectivity index (χ3n) is 1.70. The quantitative estimate of drug-likeness (QED) is 0.917. The van der Waals surface area contributed by atoms with E-state index in [9.17, 15) is 0 Å². The first-order valence-corrected chi connectivity index (χ1v) is 6.42. The molecule has 0 radical (unpaired) electrons. The lowest BCUT2D eigenvalue weighted by Gasteiger charge is -2.17. The fourth-order valence-corrected chi connectivity index (χ4v) is 2.44. The van der Waals surface area contributed by atoms with Crippen LogP contribution in [0.5, 0.6) is 0 Å². The van der Waals surface area contributed by atoms with Crippen LogP contribution >= 0.6 is 27.3 Å². The van der Waals surface area contributed by atoms with Crippen LogP contribution in [-0.4, -0.2) is 15.7 Å². The molecule has 0 aromatic carbocycles. The Morgan fingerprint density at radius 1 is 1.38 bits per heavy atom. The molecule has 0 amide bonds. The first kappa shape index (κ1) is 11.6. The molecule has 0 aliphatic rings. The summed E-state index contributed by atoms with van der Waals surface area (Å²) in [7, 11) is 0. The highest BCUT2D eigenvalue weighted by Crippen LogP contribution is 2.30. The number of hydrogen-bond acceptors (Lipinski definition) is 5. The van der Waals surface area contributed by atoms with Crippen LogP contribution in [0.3, 0.4) is 0 Å². The van der Waals surface area contributed by atoms with E-state index in [2.05, 4.69) is 31.4 Å². The second-order valence-electron chi connectivity index (χ2n) is 4.40. The molecule has 0 saturated heterocycles. The first-order valence-electron chi connectivity index (χ1n) is 4.82. The highest BCUT2D eigenvalue weighted by Gasteiger charge is 2.15. The molecule has 0 fully saturated rings. The minimum atomic E-state index is -0.0835. The maximum atomic E-state index is 5.12. The molecule has 2 heterocycles. The maximum absolute atomic E-state index is 5.12. The van der Waals surface area contributed by atoms with Crippen LogP contribution in [0.15, 0.2) is 20.4 Å². The molecule has 0 saturated carbocycles. The fraction of sp³-hybridized carbons (Fsp3) is 0.400. The molecular formula is C10H12BrN3OS. The summed E-state index contributed by atoms with van der Waals surface area (Å²) in [5.74, 6) is 0.613. The van der Waals surface area contributed by atoms with Crippen molar-refractivity contribution in [3.8, 4) is 10.7 Å². The lowest BCUT2D eigenvalue weighted by atomic mass is 10.1. The lowest BCUT2D eigenvalue weighted by molar-refractivity contribution is 0.420. The van der Waals surface area contributed by atoms with Crippen molar-refractivity contribution in [1.29, 1.82) is 0 Å². The average molecular weight is 302 g/mol. The van der Waals surface area contributed by atoms with Crippen molar-refractivity contribution >= 4 is 33.3 Å². The number of nitrogens with one attached hydrogen (secondary N) is 1. The predicted molar refractivity (Wildman–Crippen MR) is 68.7 cm³/mol. The van der Waals surface area contributed by atoms with Gasteiger partial charge in [-0.05, 0) is 48.8 Å². The van der Waals surface area contributed by atoms with Crippen molar-refractivity contribution in [2.75, 3.05) is 5.32 Å². The number of anilines is 1. The summed E-state index contributed by atoms with van der Waals surface area (Å²) in [4.78, 5) is 5.26. The zero-order chi connectivity index (χ0) is 11.8. The second kappa shape index (κ2) is 4.18. The van der Waals surface area contributed by atoms with Crippen LogP contribution in [0.4, 0.5) is 6.01 Å². The molecule has 16 heavy (non-hydrogen) atoms. The van der Waals surface area contributed by atoms with Crippen LogP contribution in [0.1, 0.15) is 20.8 Å². The summed E-state index contributed by atoms with van der Waals surface area (Å²) < 4.78 is 6.18. The highest BCUT2D eigenvalue weighted by molar-refractivity contribution is 9.11. The SMILES string of the molecule is CC(C)(C)Nc1nc(-c2ccc(Br)s2)no1. The Hall–Kier alpha value is -0.880. The van der Waals surface area contributed by atoms with Crippen LogP contribution < -0.4 is 5.32 Å². The minimum absolute atomic E-state index is 0.0835. The monoisotopic (exact) mass is 301 g/mol. The van der Waals surface area contributed by atoms with Crippen LogP contribution in [-0.2, 0) is 0 Å². The van der Waals surface area contributed by atoms with Gasteiger partial charge in [0.15, 0.2) is 0 Å². The number of aromatic nitrogens is 2. The molecule has 1 N–H and O–H groups in total. The number of nitrogens with zero attached hydrogens (tertiary/aromatic N) is 2. The normalized spacial score (nSPS) is 11.8. The summed E-state index contributed by atoms with van der Waals surface area (Å²) in [6, 6.07) is 4.38.